The molecule has 2 bridgehead atoms. The van der Waals surface area contributed by atoms with Crippen LogP contribution in [0.2, 0.25) is 0 Å². The molecule has 0 aromatic rings. The molecule has 5 rings (SSSR count). The first-order chi connectivity index (χ1) is 11.0. The van der Waals surface area contributed by atoms with Gasteiger partial charge in [-0.15, -0.1) is 0 Å². The molecule has 0 amide bonds. The zero-order valence-electron chi connectivity index (χ0n) is 14.0. The molecule has 4 saturated carbocycles. The van der Waals surface area contributed by atoms with Crippen LogP contribution in [0, 0.1) is 34.5 Å². The largest absolute Gasteiger partial charge is 0.393 e. The summed E-state index contributed by atoms with van der Waals surface area (Å²) in [6, 6.07) is 0. The standard InChI is InChI=1S/C20H28O3/c1-19-8-6-13-11(12(19)4-5-17(19)23)2-3-14-18-15(21)7-9-20(13,14)10-16(18)22/h3,11-13,16-18,22-23H,2,4-10H2,1H3/t11-,12-,13-,16-,17-,18+,19-,20-/m0/s1. The van der Waals surface area contributed by atoms with E-state index in [1.165, 1.54) is 12.0 Å². The molecule has 4 fully saturated rings. The average molecular weight is 316 g/mol. The fourth-order valence-corrected chi connectivity index (χ4v) is 7.68. The van der Waals surface area contributed by atoms with Crippen molar-refractivity contribution < 1.29 is 15.0 Å². The van der Waals surface area contributed by atoms with Crippen molar-refractivity contribution in [3.05, 3.63) is 11.6 Å². The van der Waals surface area contributed by atoms with Gasteiger partial charge >= 0.3 is 0 Å². The lowest BCUT2D eigenvalue weighted by Crippen LogP contribution is -2.51. The Bertz CT molecular complexity index is 596. The summed E-state index contributed by atoms with van der Waals surface area (Å²) >= 11 is 0. The highest BCUT2D eigenvalue weighted by molar-refractivity contribution is 5.87. The number of hydrogen-bond donors (Lipinski definition) is 2. The SMILES string of the molecule is C[C@]12CC[C@H]3[C@@H](CC=C4[C@@H]5C(=O)CC[C@@]43C[C@@H]5O)[C@@H]1CC[C@@H]2O. The van der Waals surface area contributed by atoms with Crippen molar-refractivity contribution in [3.63, 3.8) is 0 Å². The molecular weight excluding hydrogens is 288 g/mol. The van der Waals surface area contributed by atoms with Gasteiger partial charge in [0.15, 0.2) is 0 Å². The lowest BCUT2D eigenvalue weighted by molar-refractivity contribution is -0.126. The number of hydrogen-bond acceptors (Lipinski definition) is 3. The predicted molar refractivity (Wildman–Crippen MR) is 86.5 cm³/mol. The van der Waals surface area contributed by atoms with E-state index in [-0.39, 0.29) is 28.6 Å². The zero-order chi connectivity index (χ0) is 16.0. The summed E-state index contributed by atoms with van der Waals surface area (Å²) in [6.45, 7) is 2.30. The highest BCUT2D eigenvalue weighted by Gasteiger charge is 2.64. The van der Waals surface area contributed by atoms with E-state index in [1.54, 1.807) is 0 Å². The third-order valence-corrected chi connectivity index (χ3v) is 8.74. The van der Waals surface area contributed by atoms with Crippen molar-refractivity contribution in [2.24, 2.45) is 34.5 Å². The van der Waals surface area contributed by atoms with Crippen LogP contribution in [-0.4, -0.2) is 28.2 Å². The molecule has 3 heteroatoms. The van der Waals surface area contributed by atoms with Gasteiger partial charge in [-0.05, 0) is 73.5 Å². The molecule has 0 aromatic heterocycles. The first-order valence-corrected chi connectivity index (χ1v) is 9.57. The second kappa shape index (κ2) is 4.49. The first kappa shape index (κ1) is 14.7. The van der Waals surface area contributed by atoms with E-state index in [2.05, 4.69) is 13.0 Å². The smallest absolute Gasteiger partial charge is 0.142 e. The molecule has 0 saturated heterocycles. The molecule has 0 aromatic carbocycles. The summed E-state index contributed by atoms with van der Waals surface area (Å²) in [6.07, 6.45) is 9.64. The lowest BCUT2D eigenvalue weighted by atomic mass is 9.48. The van der Waals surface area contributed by atoms with Gasteiger partial charge in [0.25, 0.3) is 0 Å². The Hall–Kier alpha value is -0.670. The van der Waals surface area contributed by atoms with Gasteiger partial charge in [0.2, 0.25) is 0 Å². The van der Waals surface area contributed by atoms with Gasteiger partial charge in [0, 0.05) is 6.42 Å². The Labute approximate surface area is 138 Å². The van der Waals surface area contributed by atoms with Crippen molar-refractivity contribution in [1.82, 2.24) is 0 Å². The van der Waals surface area contributed by atoms with E-state index < -0.39 is 6.10 Å². The van der Waals surface area contributed by atoms with Crippen LogP contribution in [0.3, 0.4) is 0 Å². The number of aliphatic hydroxyl groups is 2. The third-order valence-electron chi connectivity index (χ3n) is 8.74. The first-order valence-electron chi connectivity index (χ1n) is 9.57. The number of carbonyl (C=O) groups is 1. The summed E-state index contributed by atoms with van der Waals surface area (Å²) in [7, 11) is 0. The molecular formula is C20H28O3. The molecule has 0 aliphatic heterocycles. The highest BCUT2D eigenvalue weighted by Crippen LogP contribution is 2.69. The Morgan fingerprint density at radius 2 is 1.96 bits per heavy atom. The molecule has 0 radical (unpaired) electrons. The molecule has 0 unspecified atom stereocenters. The van der Waals surface area contributed by atoms with Crippen LogP contribution in [0.25, 0.3) is 0 Å². The Balaban J connectivity index is 1.57. The monoisotopic (exact) mass is 316 g/mol. The minimum Gasteiger partial charge on any atom is -0.393 e. The van der Waals surface area contributed by atoms with E-state index in [0.717, 1.165) is 38.5 Å². The van der Waals surface area contributed by atoms with E-state index in [1.807, 2.05) is 0 Å². The maximum absolute atomic E-state index is 12.3. The zero-order valence-corrected chi connectivity index (χ0v) is 14.0. The number of aliphatic hydroxyl groups excluding tert-OH is 2. The second-order valence-electron chi connectivity index (χ2n) is 9.28. The molecule has 126 valence electrons. The van der Waals surface area contributed by atoms with Gasteiger partial charge in [-0.2, -0.15) is 0 Å². The molecule has 0 heterocycles. The number of Topliss-reactive ketones (excluding diaryl/α,β-unsaturated/α-hetero) is 1. The summed E-state index contributed by atoms with van der Waals surface area (Å²) in [4.78, 5) is 12.3. The van der Waals surface area contributed by atoms with Gasteiger partial charge in [0.1, 0.15) is 5.78 Å². The van der Waals surface area contributed by atoms with Crippen LogP contribution in [0.5, 0.6) is 0 Å². The summed E-state index contributed by atoms with van der Waals surface area (Å²) in [5, 5.41) is 21.1. The Morgan fingerprint density at radius 3 is 2.78 bits per heavy atom. The number of allylic oxidation sites excluding steroid dienone is 1. The van der Waals surface area contributed by atoms with Crippen LogP contribution in [0.4, 0.5) is 0 Å². The molecule has 2 N–H and O–H groups in total. The highest BCUT2D eigenvalue weighted by atomic mass is 16.3. The van der Waals surface area contributed by atoms with E-state index in [9.17, 15) is 15.0 Å². The average Bonchev–Trinajstić information content (AvgIpc) is 2.95. The van der Waals surface area contributed by atoms with Crippen LogP contribution in [-0.2, 0) is 4.79 Å². The van der Waals surface area contributed by atoms with Crippen molar-refractivity contribution in [2.75, 3.05) is 0 Å². The molecule has 5 aliphatic carbocycles. The molecule has 0 spiro atoms. The van der Waals surface area contributed by atoms with Crippen molar-refractivity contribution in [2.45, 2.75) is 70.5 Å². The normalized spacial score (nSPS) is 57.5. The molecule has 8 atom stereocenters. The maximum Gasteiger partial charge on any atom is 0.142 e. The maximum atomic E-state index is 12.3. The van der Waals surface area contributed by atoms with E-state index >= 15 is 0 Å². The summed E-state index contributed by atoms with van der Waals surface area (Å²) < 4.78 is 0. The number of carbonyl (C=O) groups excluding carboxylic acids is 1. The Morgan fingerprint density at radius 1 is 1.13 bits per heavy atom. The van der Waals surface area contributed by atoms with Crippen LogP contribution in [0.15, 0.2) is 11.6 Å². The van der Waals surface area contributed by atoms with Gasteiger partial charge < -0.3 is 10.2 Å². The number of ketones is 1. The van der Waals surface area contributed by atoms with E-state index in [0.29, 0.717) is 24.2 Å². The van der Waals surface area contributed by atoms with Crippen LogP contribution < -0.4 is 0 Å². The Kier molecular flexibility index (Phi) is 2.86. The minimum atomic E-state index is -0.447. The molecule has 3 nitrogen and oxygen atoms in total. The molecule has 5 aliphatic rings. The minimum absolute atomic E-state index is 0.101. The van der Waals surface area contributed by atoms with Gasteiger partial charge in [-0.3, -0.25) is 4.79 Å². The van der Waals surface area contributed by atoms with Crippen molar-refractivity contribution in [3.8, 4) is 0 Å². The third kappa shape index (κ3) is 1.61. The van der Waals surface area contributed by atoms with Gasteiger partial charge in [0.05, 0.1) is 18.1 Å². The van der Waals surface area contributed by atoms with Gasteiger partial charge in [-0.25, -0.2) is 0 Å². The van der Waals surface area contributed by atoms with Gasteiger partial charge in [-0.1, -0.05) is 18.6 Å². The second-order valence-corrected chi connectivity index (χ2v) is 9.28. The van der Waals surface area contributed by atoms with Crippen molar-refractivity contribution in [1.29, 1.82) is 0 Å². The fraction of sp³-hybridized carbons (Fsp3) is 0.850. The number of fused-ring (bicyclic) bond motifs is 3. The fourth-order valence-electron chi connectivity index (χ4n) is 7.68. The predicted octanol–water partition coefficient (Wildman–Crippen LogP) is 2.85. The van der Waals surface area contributed by atoms with E-state index in [4.69, 9.17) is 0 Å². The topological polar surface area (TPSA) is 57.5 Å². The summed E-state index contributed by atoms with van der Waals surface area (Å²) in [5.41, 5.74) is 1.52. The quantitative estimate of drug-likeness (QED) is 0.676. The molecule has 23 heavy (non-hydrogen) atoms. The lowest BCUT2D eigenvalue weighted by Gasteiger charge is -2.56. The van der Waals surface area contributed by atoms with Crippen molar-refractivity contribution >= 4 is 5.78 Å². The van der Waals surface area contributed by atoms with Crippen LogP contribution in [0.1, 0.15) is 58.3 Å². The summed E-state index contributed by atoms with van der Waals surface area (Å²) in [5.74, 6) is 1.98. The number of rotatable bonds is 0. The van der Waals surface area contributed by atoms with Crippen LogP contribution >= 0.6 is 0 Å².